The van der Waals surface area contributed by atoms with E-state index < -0.39 is 0 Å². The number of benzene rings is 1. The van der Waals surface area contributed by atoms with Gasteiger partial charge in [0, 0.05) is 6.92 Å². The van der Waals surface area contributed by atoms with Crippen molar-refractivity contribution in [2.45, 2.75) is 32.9 Å². The zero-order valence-electron chi connectivity index (χ0n) is 15.2. The number of rotatable bonds is 7. The fraction of sp³-hybridized carbons (Fsp3) is 0.250. The van der Waals surface area contributed by atoms with E-state index in [1.54, 1.807) is 17.6 Å². The molecule has 0 radical (unpaired) electrons. The Morgan fingerprint density at radius 1 is 1.22 bits per heavy atom. The molecule has 2 N–H and O–H groups in total. The van der Waals surface area contributed by atoms with Crippen LogP contribution >= 0.6 is 11.3 Å². The van der Waals surface area contributed by atoms with Crippen molar-refractivity contribution in [2.24, 2.45) is 0 Å². The van der Waals surface area contributed by atoms with Crippen LogP contribution < -0.4 is 10.6 Å². The second kappa shape index (κ2) is 8.64. The van der Waals surface area contributed by atoms with Crippen LogP contribution in [0.5, 0.6) is 0 Å². The van der Waals surface area contributed by atoms with Crippen LogP contribution in [0, 0.1) is 6.92 Å². The molecule has 1 aromatic carbocycles. The summed E-state index contributed by atoms with van der Waals surface area (Å²) in [5.41, 5.74) is 2.67. The standard InChI is InChI=1S/C20H21N3O3S/c1-13-5-7-15(8-6-13)17(22-14(2)24)10-19(25)21-11-16-12-26-20(23-16)18-4-3-9-27-18/h3-9,12,17H,10-11H2,1-2H3,(H,21,25)(H,22,24). The Morgan fingerprint density at radius 3 is 2.67 bits per heavy atom. The lowest BCUT2D eigenvalue weighted by atomic mass is 10.0. The molecule has 0 spiro atoms. The van der Waals surface area contributed by atoms with Crippen LogP contribution in [-0.4, -0.2) is 16.8 Å². The maximum absolute atomic E-state index is 12.4. The molecule has 140 valence electrons. The third kappa shape index (κ3) is 5.27. The Bertz CT molecular complexity index is 901. The molecule has 2 aromatic heterocycles. The first-order chi connectivity index (χ1) is 13.0. The second-order valence-corrected chi connectivity index (χ2v) is 7.21. The van der Waals surface area contributed by atoms with E-state index in [9.17, 15) is 9.59 Å². The Labute approximate surface area is 161 Å². The third-order valence-corrected chi connectivity index (χ3v) is 4.85. The molecule has 3 aromatic rings. The van der Waals surface area contributed by atoms with E-state index >= 15 is 0 Å². The summed E-state index contributed by atoms with van der Waals surface area (Å²) in [6.07, 6.45) is 1.69. The van der Waals surface area contributed by atoms with E-state index in [0.717, 1.165) is 16.0 Å². The normalized spacial score (nSPS) is 11.8. The van der Waals surface area contributed by atoms with E-state index in [1.807, 2.05) is 48.7 Å². The fourth-order valence-corrected chi connectivity index (χ4v) is 3.30. The number of amides is 2. The van der Waals surface area contributed by atoms with Crippen molar-refractivity contribution >= 4 is 23.2 Å². The molecular formula is C20H21N3O3S. The number of carbonyl (C=O) groups excluding carboxylic acids is 2. The number of nitrogens with zero attached hydrogens (tertiary/aromatic N) is 1. The minimum Gasteiger partial charge on any atom is -0.443 e. The van der Waals surface area contributed by atoms with E-state index in [0.29, 0.717) is 11.6 Å². The molecule has 3 rings (SSSR count). The average Bonchev–Trinajstić information content (AvgIpc) is 3.31. The predicted octanol–water partition coefficient (Wildman–Crippen LogP) is 3.60. The van der Waals surface area contributed by atoms with Gasteiger partial charge in [0.25, 0.3) is 0 Å². The summed E-state index contributed by atoms with van der Waals surface area (Å²) in [6, 6.07) is 11.3. The van der Waals surface area contributed by atoms with Crippen LogP contribution in [0.3, 0.4) is 0 Å². The zero-order chi connectivity index (χ0) is 19.2. The maximum Gasteiger partial charge on any atom is 0.236 e. The van der Waals surface area contributed by atoms with E-state index in [2.05, 4.69) is 15.6 Å². The lowest BCUT2D eigenvalue weighted by Gasteiger charge is -2.18. The molecule has 0 saturated carbocycles. The van der Waals surface area contributed by atoms with Gasteiger partial charge < -0.3 is 15.1 Å². The number of hydrogen-bond donors (Lipinski definition) is 2. The summed E-state index contributed by atoms with van der Waals surface area (Å²) in [5, 5.41) is 7.62. The SMILES string of the molecule is CC(=O)NC(CC(=O)NCc1coc(-c2cccs2)n1)c1ccc(C)cc1. The first-order valence-corrected chi connectivity index (χ1v) is 9.48. The van der Waals surface area contributed by atoms with Crippen LogP contribution in [0.1, 0.15) is 36.2 Å². The fourth-order valence-electron chi connectivity index (χ4n) is 2.64. The maximum atomic E-state index is 12.4. The molecule has 27 heavy (non-hydrogen) atoms. The average molecular weight is 383 g/mol. The van der Waals surface area contributed by atoms with Gasteiger partial charge in [-0.25, -0.2) is 4.98 Å². The number of nitrogens with one attached hydrogen (secondary N) is 2. The van der Waals surface area contributed by atoms with Gasteiger partial charge in [0.15, 0.2) is 0 Å². The lowest BCUT2D eigenvalue weighted by molar-refractivity contribution is -0.122. The zero-order valence-corrected chi connectivity index (χ0v) is 16.0. The van der Waals surface area contributed by atoms with Crippen LogP contribution in [-0.2, 0) is 16.1 Å². The monoisotopic (exact) mass is 383 g/mol. The highest BCUT2D eigenvalue weighted by Crippen LogP contribution is 2.23. The lowest BCUT2D eigenvalue weighted by Crippen LogP contribution is -2.32. The van der Waals surface area contributed by atoms with Gasteiger partial charge in [-0.1, -0.05) is 35.9 Å². The molecule has 0 bridgehead atoms. The largest absolute Gasteiger partial charge is 0.443 e. The molecule has 6 nitrogen and oxygen atoms in total. The summed E-state index contributed by atoms with van der Waals surface area (Å²) < 4.78 is 5.45. The van der Waals surface area contributed by atoms with Gasteiger partial charge in [0.2, 0.25) is 17.7 Å². The highest BCUT2D eigenvalue weighted by molar-refractivity contribution is 7.13. The van der Waals surface area contributed by atoms with Crippen LogP contribution in [0.15, 0.2) is 52.5 Å². The molecule has 0 aliphatic rings. The smallest absolute Gasteiger partial charge is 0.236 e. The van der Waals surface area contributed by atoms with Gasteiger partial charge in [0.1, 0.15) is 6.26 Å². The van der Waals surface area contributed by atoms with Crippen LogP contribution in [0.4, 0.5) is 0 Å². The molecular weight excluding hydrogens is 362 g/mol. The summed E-state index contributed by atoms with van der Waals surface area (Å²) in [4.78, 5) is 29.2. The topological polar surface area (TPSA) is 84.2 Å². The third-order valence-electron chi connectivity index (χ3n) is 4.00. The number of aromatic nitrogens is 1. The molecule has 2 heterocycles. The molecule has 0 saturated heterocycles. The van der Waals surface area contributed by atoms with Crippen molar-refractivity contribution in [2.75, 3.05) is 0 Å². The molecule has 7 heteroatoms. The van der Waals surface area contributed by atoms with Crippen molar-refractivity contribution in [1.29, 1.82) is 0 Å². The van der Waals surface area contributed by atoms with Crippen molar-refractivity contribution in [3.05, 3.63) is 64.9 Å². The van der Waals surface area contributed by atoms with Gasteiger partial charge in [-0.2, -0.15) is 0 Å². The van der Waals surface area contributed by atoms with E-state index in [1.165, 1.54) is 6.92 Å². The van der Waals surface area contributed by atoms with E-state index in [4.69, 9.17) is 4.42 Å². The minimum absolute atomic E-state index is 0.151. The quantitative estimate of drug-likeness (QED) is 0.653. The van der Waals surface area contributed by atoms with Crippen molar-refractivity contribution in [3.8, 4) is 10.8 Å². The number of oxazole rings is 1. The highest BCUT2D eigenvalue weighted by Gasteiger charge is 2.17. The predicted molar refractivity (Wildman–Crippen MR) is 104 cm³/mol. The van der Waals surface area contributed by atoms with Crippen molar-refractivity contribution in [1.82, 2.24) is 15.6 Å². The highest BCUT2D eigenvalue weighted by atomic mass is 32.1. The summed E-state index contributed by atoms with van der Waals surface area (Å²) >= 11 is 1.54. The molecule has 1 atom stereocenters. The Kier molecular flexibility index (Phi) is 6.03. The van der Waals surface area contributed by atoms with E-state index in [-0.39, 0.29) is 30.8 Å². The molecule has 1 unspecified atom stereocenters. The number of carbonyl (C=O) groups is 2. The van der Waals surface area contributed by atoms with Gasteiger partial charge in [0.05, 0.1) is 29.6 Å². The van der Waals surface area contributed by atoms with Gasteiger partial charge in [-0.15, -0.1) is 11.3 Å². The molecule has 0 fully saturated rings. The Balaban J connectivity index is 1.59. The Hall–Kier alpha value is -2.93. The summed E-state index contributed by atoms with van der Waals surface area (Å²) in [6.45, 7) is 3.71. The van der Waals surface area contributed by atoms with Gasteiger partial charge in [-0.05, 0) is 23.9 Å². The minimum atomic E-state index is -0.373. The number of hydrogen-bond acceptors (Lipinski definition) is 5. The van der Waals surface area contributed by atoms with Crippen LogP contribution in [0.25, 0.3) is 10.8 Å². The van der Waals surface area contributed by atoms with Gasteiger partial charge in [-0.3, -0.25) is 9.59 Å². The first-order valence-electron chi connectivity index (χ1n) is 8.60. The summed E-state index contributed by atoms with van der Waals surface area (Å²) in [7, 11) is 0. The second-order valence-electron chi connectivity index (χ2n) is 6.27. The molecule has 0 aliphatic heterocycles. The number of aryl methyl sites for hydroxylation is 1. The Morgan fingerprint density at radius 2 is 2.00 bits per heavy atom. The van der Waals surface area contributed by atoms with Crippen molar-refractivity contribution in [3.63, 3.8) is 0 Å². The first kappa shape index (κ1) is 18.8. The summed E-state index contributed by atoms with van der Waals surface area (Å²) in [5.74, 6) is 0.200. The van der Waals surface area contributed by atoms with Crippen LogP contribution in [0.2, 0.25) is 0 Å². The molecule has 0 aliphatic carbocycles. The van der Waals surface area contributed by atoms with Gasteiger partial charge >= 0.3 is 0 Å². The van der Waals surface area contributed by atoms with Crippen molar-refractivity contribution < 1.29 is 14.0 Å². The molecule has 2 amide bonds. The number of thiophene rings is 1.